The van der Waals surface area contributed by atoms with Crippen molar-refractivity contribution in [1.29, 1.82) is 0 Å². The number of carboxylic acid groups (broad SMARTS) is 1. The van der Waals surface area contributed by atoms with Crippen LogP contribution in [0.3, 0.4) is 0 Å². The monoisotopic (exact) mass is 282 g/mol. The number of aliphatic hydroxyl groups excluding tert-OH is 1. The fourth-order valence-electron chi connectivity index (χ4n) is 1.81. The fourth-order valence-corrected chi connectivity index (χ4v) is 1.81. The van der Waals surface area contributed by atoms with Gasteiger partial charge in [0.05, 0.1) is 19.3 Å². The maximum atomic E-state index is 11.5. The number of carbonyl (C=O) groups is 1. The Morgan fingerprint density at radius 1 is 1.30 bits per heavy atom. The minimum atomic E-state index is -1.38. The van der Waals surface area contributed by atoms with Gasteiger partial charge in [-0.2, -0.15) is 0 Å². The number of methoxy groups -OCH3 is 1. The van der Waals surface area contributed by atoms with Crippen LogP contribution in [0.4, 0.5) is 0 Å². The van der Waals surface area contributed by atoms with Gasteiger partial charge in [-0.15, -0.1) is 0 Å². The van der Waals surface area contributed by atoms with E-state index in [0.717, 1.165) is 5.56 Å². The molecule has 0 saturated heterocycles. The lowest BCUT2D eigenvalue weighted by Gasteiger charge is -2.30. The highest BCUT2D eigenvalue weighted by atomic mass is 16.5. The molecule has 3 atom stereocenters. The minimum absolute atomic E-state index is 0.212. The molecule has 0 spiro atoms. The lowest BCUT2D eigenvalue weighted by Crippen LogP contribution is -2.45. The molecule has 1 rings (SSSR count). The molecule has 0 aromatic heterocycles. The van der Waals surface area contributed by atoms with E-state index in [1.807, 2.05) is 0 Å². The van der Waals surface area contributed by atoms with Crippen molar-refractivity contribution in [2.24, 2.45) is 0 Å². The molecule has 0 heterocycles. The molecular weight excluding hydrogens is 260 g/mol. The summed E-state index contributed by atoms with van der Waals surface area (Å²) in [6.45, 7) is 4.73. The summed E-state index contributed by atoms with van der Waals surface area (Å²) in [5, 5.41) is 18.9. The Morgan fingerprint density at radius 2 is 1.85 bits per heavy atom. The van der Waals surface area contributed by atoms with Gasteiger partial charge in [0, 0.05) is 6.42 Å². The zero-order chi connectivity index (χ0) is 15.3. The number of carboxylic acids is 1. The first-order valence-electron chi connectivity index (χ1n) is 6.50. The third-order valence-corrected chi connectivity index (χ3v) is 3.28. The third kappa shape index (κ3) is 4.21. The quantitative estimate of drug-likeness (QED) is 0.798. The number of aliphatic carboxylic acids is 1. The van der Waals surface area contributed by atoms with Gasteiger partial charge in [-0.3, -0.25) is 0 Å². The maximum Gasteiger partial charge on any atom is 0.336 e. The molecule has 5 heteroatoms. The molecule has 112 valence electrons. The number of aliphatic hydroxyl groups is 1. The summed E-state index contributed by atoms with van der Waals surface area (Å²) in [6.07, 6.45) is -1.08. The molecule has 0 aliphatic rings. The Hall–Kier alpha value is -1.59. The van der Waals surface area contributed by atoms with Crippen molar-refractivity contribution >= 4 is 5.97 Å². The number of hydrogen-bond acceptors (Lipinski definition) is 4. The lowest BCUT2D eigenvalue weighted by atomic mass is 9.95. The van der Waals surface area contributed by atoms with Crippen LogP contribution >= 0.6 is 0 Å². The summed E-state index contributed by atoms with van der Waals surface area (Å²) in [4.78, 5) is 11.5. The molecule has 2 N–H and O–H groups in total. The van der Waals surface area contributed by atoms with E-state index in [-0.39, 0.29) is 6.42 Å². The Morgan fingerprint density at radius 3 is 2.25 bits per heavy atom. The SMILES string of the molecule is COc1ccc(CC(C)(OC(C)C(C)O)C(=O)O)cc1. The molecule has 3 unspecified atom stereocenters. The summed E-state index contributed by atoms with van der Waals surface area (Å²) in [5.74, 6) is -0.343. The first kappa shape index (κ1) is 16.5. The van der Waals surface area contributed by atoms with Crippen LogP contribution < -0.4 is 4.74 Å². The zero-order valence-corrected chi connectivity index (χ0v) is 12.3. The average molecular weight is 282 g/mol. The summed E-state index contributed by atoms with van der Waals surface area (Å²) >= 11 is 0. The maximum absolute atomic E-state index is 11.5. The standard InChI is InChI=1S/C15H22O5/c1-10(16)11(2)20-15(3,14(17)18)9-12-5-7-13(19-4)8-6-12/h5-8,10-11,16H,9H2,1-4H3,(H,17,18). The minimum Gasteiger partial charge on any atom is -0.497 e. The lowest BCUT2D eigenvalue weighted by molar-refractivity contribution is -0.176. The van der Waals surface area contributed by atoms with Crippen molar-refractivity contribution in [3.05, 3.63) is 29.8 Å². The topological polar surface area (TPSA) is 76.0 Å². The van der Waals surface area contributed by atoms with E-state index in [4.69, 9.17) is 9.47 Å². The second-order valence-electron chi connectivity index (χ2n) is 5.12. The molecule has 0 fully saturated rings. The second kappa shape index (κ2) is 6.72. The normalized spacial score (nSPS) is 17.1. The molecule has 0 aliphatic carbocycles. The van der Waals surface area contributed by atoms with E-state index in [9.17, 15) is 15.0 Å². The Bertz CT molecular complexity index is 440. The van der Waals surface area contributed by atoms with E-state index < -0.39 is 23.8 Å². The highest BCUT2D eigenvalue weighted by Crippen LogP contribution is 2.23. The van der Waals surface area contributed by atoms with Crippen molar-refractivity contribution in [2.45, 2.75) is 45.0 Å². The van der Waals surface area contributed by atoms with E-state index in [1.165, 1.54) is 6.92 Å². The van der Waals surface area contributed by atoms with Crippen LogP contribution in [0.2, 0.25) is 0 Å². The molecule has 5 nitrogen and oxygen atoms in total. The van der Waals surface area contributed by atoms with Crippen molar-refractivity contribution in [3.8, 4) is 5.75 Å². The fraction of sp³-hybridized carbons (Fsp3) is 0.533. The van der Waals surface area contributed by atoms with Gasteiger partial charge in [-0.1, -0.05) is 12.1 Å². The predicted molar refractivity (Wildman–Crippen MR) is 75.0 cm³/mol. The third-order valence-electron chi connectivity index (χ3n) is 3.28. The van der Waals surface area contributed by atoms with Gasteiger partial charge in [0.2, 0.25) is 0 Å². The van der Waals surface area contributed by atoms with Gasteiger partial charge >= 0.3 is 5.97 Å². The molecule has 1 aromatic carbocycles. The summed E-state index contributed by atoms with van der Waals surface area (Å²) in [7, 11) is 1.57. The molecular formula is C15H22O5. The number of rotatable bonds is 7. The largest absolute Gasteiger partial charge is 0.497 e. The van der Waals surface area contributed by atoms with Crippen molar-refractivity contribution in [3.63, 3.8) is 0 Å². The second-order valence-corrected chi connectivity index (χ2v) is 5.12. The van der Waals surface area contributed by atoms with Crippen LogP contribution in [0.1, 0.15) is 26.3 Å². The van der Waals surface area contributed by atoms with E-state index in [2.05, 4.69) is 0 Å². The molecule has 0 saturated carbocycles. The van der Waals surface area contributed by atoms with E-state index >= 15 is 0 Å². The van der Waals surface area contributed by atoms with Crippen molar-refractivity contribution < 1.29 is 24.5 Å². The van der Waals surface area contributed by atoms with Gasteiger partial charge in [-0.05, 0) is 38.5 Å². The van der Waals surface area contributed by atoms with E-state index in [1.54, 1.807) is 45.2 Å². The first-order chi connectivity index (χ1) is 9.28. The number of hydrogen-bond donors (Lipinski definition) is 2. The van der Waals surface area contributed by atoms with Gasteiger partial charge in [0.15, 0.2) is 5.60 Å². The summed E-state index contributed by atoms with van der Waals surface area (Å²) in [6, 6.07) is 7.15. The van der Waals surface area contributed by atoms with Crippen LogP contribution in [-0.2, 0) is 16.0 Å². The Kier molecular flexibility index (Phi) is 5.53. The molecule has 0 aliphatic heterocycles. The van der Waals surface area contributed by atoms with E-state index in [0.29, 0.717) is 5.75 Å². The van der Waals surface area contributed by atoms with Gasteiger partial charge < -0.3 is 19.7 Å². The van der Waals surface area contributed by atoms with Crippen molar-refractivity contribution in [1.82, 2.24) is 0 Å². The highest BCUT2D eigenvalue weighted by Gasteiger charge is 2.37. The first-order valence-corrected chi connectivity index (χ1v) is 6.50. The van der Waals surface area contributed by atoms with Crippen LogP contribution in [0.25, 0.3) is 0 Å². The average Bonchev–Trinajstić information content (AvgIpc) is 2.39. The molecule has 0 amide bonds. The molecule has 0 radical (unpaired) electrons. The highest BCUT2D eigenvalue weighted by molar-refractivity contribution is 5.77. The van der Waals surface area contributed by atoms with Gasteiger partial charge in [0.25, 0.3) is 0 Å². The molecule has 0 bridgehead atoms. The molecule has 20 heavy (non-hydrogen) atoms. The zero-order valence-electron chi connectivity index (χ0n) is 12.3. The summed E-state index contributed by atoms with van der Waals surface area (Å²) in [5.41, 5.74) is -0.557. The van der Waals surface area contributed by atoms with Gasteiger partial charge in [0.1, 0.15) is 5.75 Å². The smallest absolute Gasteiger partial charge is 0.336 e. The van der Waals surface area contributed by atoms with Crippen LogP contribution in [0.15, 0.2) is 24.3 Å². The Labute approximate surface area is 119 Å². The van der Waals surface area contributed by atoms with Crippen LogP contribution in [-0.4, -0.2) is 41.1 Å². The van der Waals surface area contributed by atoms with Crippen LogP contribution in [0, 0.1) is 0 Å². The van der Waals surface area contributed by atoms with Crippen LogP contribution in [0.5, 0.6) is 5.75 Å². The summed E-state index contributed by atoms with van der Waals surface area (Å²) < 4.78 is 10.6. The van der Waals surface area contributed by atoms with Gasteiger partial charge in [-0.25, -0.2) is 4.79 Å². The Balaban J connectivity index is 2.87. The number of ether oxygens (including phenoxy) is 2. The molecule has 1 aromatic rings. The predicted octanol–water partition coefficient (Wildman–Crippen LogP) is 1.87. The number of benzene rings is 1. The van der Waals surface area contributed by atoms with Crippen molar-refractivity contribution in [2.75, 3.05) is 7.11 Å².